The van der Waals surface area contributed by atoms with Crippen LogP contribution in [0.3, 0.4) is 0 Å². The van der Waals surface area contributed by atoms with Gasteiger partial charge in [0.05, 0.1) is 29.7 Å². The molecule has 0 aliphatic rings. The summed E-state index contributed by atoms with van der Waals surface area (Å²) in [5, 5.41) is 5.71. The van der Waals surface area contributed by atoms with Crippen LogP contribution in [0.1, 0.15) is 26.3 Å². The summed E-state index contributed by atoms with van der Waals surface area (Å²) >= 11 is 6.10. The van der Waals surface area contributed by atoms with E-state index in [2.05, 4.69) is 36.5 Å². The molecule has 260 valence electrons. The molecule has 0 unspecified atom stereocenters. The van der Waals surface area contributed by atoms with Crippen LogP contribution in [0.25, 0.3) is 0 Å². The predicted octanol–water partition coefficient (Wildman–Crippen LogP) is 7.22. The average molecular weight is 737 g/mol. The standard InChI is InChI=1S/C19H12ClN3O2.C18H14FN3O4S/c1-2-13-4-3-5-14(6-13)19(24)23-16-7-15(20)8-17(9-16)25-18-10-21-12-22-11-18;1-27(24,25)17-4-2-3-12(5-17)18(23)22-14-6-13(19)7-15(8-14)26-16-9-20-11-21-10-16/h1,3-12H,(H,23,24);2-11H,1H3,(H,22,23). The van der Waals surface area contributed by atoms with E-state index < -0.39 is 21.6 Å². The highest BCUT2D eigenvalue weighted by Crippen LogP contribution is 2.29. The van der Waals surface area contributed by atoms with Crippen LogP contribution >= 0.6 is 11.6 Å². The Bertz CT molecular complexity index is 2380. The van der Waals surface area contributed by atoms with Crippen molar-refractivity contribution in [3.8, 4) is 35.3 Å². The largest absolute Gasteiger partial charge is 0.454 e. The maximum atomic E-state index is 13.9. The predicted molar refractivity (Wildman–Crippen MR) is 192 cm³/mol. The van der Waals surface area contributed by atoms with Gasteiger partial charge in [0.2, 0.25) is 0 Å². The minimum Gasteiger partial charge on any atom is -0.454 e. The molecule has 2 amide bonds. The molecule has 0 aliphatic heterocycles. The lowest BCUT2D eigenvalue weighted by molar-refractivity contribution is 0.101. The molecule has 0 aliphatic carbocycles. The summed E-state index contributed by atoms with van der Waals surface area (Å²) in [4.78, 5) is 40.1. The van der Waals surface area contributed by atoms with E-state index in [9.17, 15) is 22.4 Å². The van der Waals surface area contributed by atoms with Gasteiger partial charge in [-0.05, 0) is 54.6 Å². The second-order valence-corrected chi connectivity index (χ2v) is 13.1. The number of nitrogens with zero attached hydrogens (tertiary/aromatic N) is 4. The number of halogens is 2. The molecule has 0 atom stereocenters. The molecule has 52 heavy (non-hydrogen) atoms. The smallest absolute Gasteiger partial charge is 0.255 e. The quantitative estimate of drug-likeness (QED) is 0.145. The number of terminal acetylenes is 1. The van der Waals surface area contributed by atoms with Crippen molar-refractivity contribution in [2.24, 2.45) is 0 Å². The first kappa shape index (κ1) is 36.6. The molecule has 6 aromatic rings. The molecule has 0 bridgehead atoms. The average Bonchev–Trinajstić information content (AvgIpc) is 3.12. The summed E-state index contributed by atoms with van der Waals surface area (Å²) in [6.45, 7) is 0. The Balaban J connectivity index is 0.000000202. The zero-order valence-corrected chi connectivity index (χ0v) is 28.6. The highest BCUT2D eigenvalue weighted by Gasteiger charge is 2.14. The van der Waals surface area contributed by atoms with E-state index in [1.807, 2.05) is 0 Å². The van der Waals surface area contributed by atoms with Crippen LogP contribution in [0.2, 0.25) is 5.02 Å². The van der Waals surface area contributed by atoms with Gasteiger partial charge in [0, 0.05) is 57.5 Å². The van der Waals surface area contributed by atoms with Gasteiger partial charge >= 0.3 is 0 Å². The van der Waals surface area contributed by atoms with Gasteiger partial charge in [0.25, 0.3) is 11.8 Å². The Kier molecular flexibility index (Phi) is 11.8. The van der Waals surface area contributed by atoms with Gasteiger partial charge in [-0.2, -0.15) is 0 Å². The van der Waals surface area contributed by atoms with E-state index in [0.29, 0.717) is 39.1 Å². The lowest BCUT2D eigenvalue weighted by atomic mass is 10.1. The highest BCUT2D eigenvalue weighted by molar-refractivity contribution is 7.90. The number of carbonyl (C=O) groups excluding carboxylic acids is 2. The van der Waals surface area contributed by atoms with Crippen LogP contribution in [-0.2, 0) is 9.84 Å². The Labute approximate surface area is 302 Å². The summed E-state index contributed by atoms with van der Waals surface area (Å²) < 4.78 is 48.2. The number of benzene rings is 4. The topological polar surface area (TPSA) is 162 Å². The molecule has 0 spiro atoms. The van der Waals surface area contributed by atoms with Crippen LogP contribution in [0, 0.1) is 18.2 Å². The minimum absolute atomic E-state index is 0.0162. The number of amides is 2. The van der Waals surface area contributed by atoms with Crippen LogP contribution in [0.15, 0.2) is 127 Å². The van der Waals surface area contributed by atoms with E-state index in [4.69, 9.17) is 27.5 Å². The lowest BCUT2D eigenvalue weighted by Gasteiger charge is -2.10. The molecule has 0 radical (unpaired) electrons. The fraction of sp³-hybridized carbons (Fsp3) is 0.0270. The van der Waals surface area contributed by atoms with Crippen LogP contribution in [-0.4, -0.2) is 46.4 Å². The first-order valence-corrected chi connectivity index (χ1v) is 17.2. The molecule has 2 heterocycles. The van der Waals surface area contributed by atoms with Gasteiger partial charge in [0.1, 0.15) is 30.0 Å². The van der Waals surface area contributed by atoms with Crippen LogP contribution < -0.4 is 20.1 Å². The number of ether oxygens (including phenoxy) is 2. The summed E-state index contributed by atoms with van der Waals surface area (Å²) in [5.41, 5.74) is 1.86. The van der Waals surface area contributed by atoms with Crippen molar-refractivity contribution in [3.63, 3.8) is 0 Å². The summed E-state index contributed by atoms with van der Waals surface area (Å²) in [6, 6.07) is 21.0. The zero-order chi connectivity index (χ0) is 37.1. The highest BCUT2D eigenvalue weighted by atomic mass is 35.5. The fourth-order valence-corrected chi connectivity index (χ4v) is 5.25. The van der Waals surface area contributed by atoms with Crippen molar-refractivity contribution >= 4 is 44.6 Å². The molecule has 12 nitrogen and oxygen atoms in total. The van der Waals surface area contributed by atoms with Gasteiger partial charge in [0.15, 0.2) is 21.3 Å². The van der Waals surface area contributed by atoms with E-state index in [1.54, 1.807) is 42.5 Å². The maximum Gasteiger partial charge on any atom is 0.255 e. The van der Waals surface area contributed by atoms with Crippen LogP contribution in [0.5, 0.6) is 23.0 Å². The van der Waals surface area contributed by atoms with E-state index in [0.717, 1.165) is 18.4 Å². The Morgan fingerprint density at radius 3 is 1.79 bits per heavy atom. The SMILES string of the molecule is C#Cc1cccc(C(=O)Nc2cc(Cl)cc(Oc3cncnc3)c2)c1.CS(=O)(=O)c1cccc(C(=O)Nc2cc(F)cc(Oc3cncnc3)c2)c1. The molecule has 6 rings (SSSR count). The molecule has 4 aromatic carbocycles. The van der Waals surface area contributed by atoms with Crippen molar-refractivity contribution in [2.45, 2.75) is 4.90 Å². The molecule has 0 fully saturated rings. The number of anilines is 2. The van der Waals surface area contributed by atoms with Crippen molar-refractivity contribution in [2.75, 3.05) is 16.9 Å². The van der Waals surface area contributed by atoms with Crippen molar-refractivity contribution in [1.82, 2.24) is 19.9 Å². The number of aromatic nitrogens is 4. The Morgan fingerprint density at radius 1 is 0.712 bits per heavy atom. The number of hydrogen-bond acceptors (Lipinski definition) is 10. The third-order valence-electron chi connectivity index (χ3n) is 6.62. The maximum absolute atomic E-state index is 13.9. The number of rotatable bonds is 9. The first-order chi connectivity index (χ1) is 24.9. The van der Waals surface area contributed by atoms with Crippen molar-refractivity contribution in [1.29, 1.82) is 0 Å². The second-order valence-electron chi connectivity index (χ2n) is 10.6. The zero-order valence-electron chi connectivity index (χ0n) is 27.0. The Hall–Kier alpha value is -6.69. The molecule has 2 aromatic heterocycles. The third kappa shape index (κ3) is 10.7. The fourth-order valence-electron chi connectivity index (χ4n) is 4.36. The van der Waals surface area contributed by atoms with Gasteiger partial charge in [-0.15, -0.1) is 6.42 Å². The first-order valence-electron chi connectivity index (χ1n) is 14.9. The third-order valence-corrected chi connectivity index (χ3v) is 7.95. The normalized spacial score (nSPS) is 10.5. The van der Waals surface area contributed by atoms with E-state index >= 15 is 0 Å². The molecular weight excluding hydrogens is 711 g/mol. The monoisotopic (exact) mass is 736 g/mol. The van der Waals surface area contributed by atoms with Crippen LogP contribution in [0.4, 0.5) is 15.8 Å². The minimum atomic E-state index is -3.45. The number of nitrogens with one attached hydrogen (secondary N) is 2. The summed E-state index contributed by atoms with van der Waals surface area (Å²) in [5.74, 6) is 2.36. The van der Waals surface area contributed by atoms with Gasteiger partial charge < -0.3 is 20.1 Å². The lowest BCUT2D eigenvalue weighted by Crippen LogP contribution is -2.13. The Morgan fingerprint density at radius 2 is 1.23 bits per heavy atom. The number of hydrogen-bond donors (Lipinski definition) is 2. The van der Waals surface area contributed by atoms with Gasteiger partial charge in [-0.1, -0.05) is 29.7 Å². The van der Waals surface area contributed by atoms with Gasteiger partial charge in [-0.25, -0.2) is 32.7 Å². The molecule has 15 heteroatoms. The molecule has 2 N–H and O–H groups in total. The molecule has 0 saturated heterocycles. The summed E-state index contributed by atoms with van der Waals surface area (Å²) in [6.07, 6.45) is 15.0. The van der Waals surface area contributed by atoms with Gasteiger partial charge in [-0.3, -0.25) is 9.59 Å². The van der Waals surface area contributed by atoms with Crippen molar-refractivity contribution in [3.05, 3.63) is 150 Å². The van der Waals surface area contributed by atoms with E-state index in [-0.39, 0.29) is 27.8 Å². The number of carbonyl (C=O) groups is 2. The van der Waals surface area contributed by atoms with E-state index in [1.165, 1.54) is 67.8 Å². The molecule has 0 saturated carbocycles. The summed E-state index contributed by atoms with van der Waals surface area (Å²) in [7, 11) is -3.45. The molecular formula is C37H26ClFN6O6S. The van der Waals surface area contributed by atoms with Crippen molar-refractivity contribution < 1.29 is 31.9 Å². The number of sulfone groups is 1. The second kappa shape index (κ2) is 16.8.